The molecule has 376 valence electrons. The molecule has 3 heterocycles. The maximum atomic E-state index is 13.6. The maximum Gasteiger partial charge on any atom is 0.294 e. The predicted molar refractivity (Wildman–Crippen MR) is 284 cm³/mol. The molecule has 0 spiro atoms. The first-order valence-electron chi connectivity index (χ1n) is 24.9. The van der Waals surface area contributed by atoms with Crippen LogP contribution >= 0.6 is 0 Å². The molecule has 72 heavy (non-hydrogen) atoms. The van der Waals surface area contributed by atoms with E-state index in [1.807, 2.05) is 74.3 Å². The SMILES string of the molecule is C[N+]1=C(/C=C/C2=CC(=C/C=C3/N(CCCCCC(=O)NCCCCCC(=O)N4Cc5ccccc5C#Cc5ccccc54)c4ccc(S(=O)(=O)O)cc4C3(C)C)/CCC2)C(C)(C)c2cc(S(=O)(=O)O)ccc21. The van der Waals surface area contributed by atoms with E-state index in [4.69, 9.17) is 0 Å². The van der Waals surface area contributed by atoms with Crippen molar-refractivity contribution < 1.29 is 40.1 Å². The number of para-hydroxylation sites is 1. The van der Waals surface area contributed by atoms with Gasteiger partial charge in [-0.25, -0.2) is 0 Å². The zero-order valence-corrected chi connectivity index (χ0v) is 43.5. The molecule has 0 radical (unpaired) electrons. The second kappa shape index (κ2) is 21.4. The van der Waals surface area contributed by atoms with E-state index in [9.17, 15) is 35.5 Å². The summed E-state index contributed by atoms with van der Waals surface area (Å²) in [5.74, 6) is 6.58. The third-order valence-electron chi connectivity index (χ3n) is 14.5. The van der Waals surface area contributed by atoms with Gasteiger partial charge in [-0.2, -0.15) is 21.4 Å². The average Bonchev–Trinajstić information content (AvgIpc) is 3.67. The first-order valence-corrected chi connectivity index (χ1v) is 27.8. The van der Waals surface area contributed by atoms with E-state index in [1.165, 1.54) is 12.1 Å². The van der Waals surface area contributed by atoms with Crippen LogP contribution in [-0.4, -0.2) is 68.2 Å². The fourth-order valence-electron chi connectivity index (χ4n) is 10.5. The van der Waals surface area contributed by atoms with Crippen LogP contribution in [0.3, 0.4) is 0 Å². The smallest absolute Gasteiger partial charge is 0.294 e. The highest BCUT2D eigenvalue weighted by Crippen LogP contribution is 2.49. The predicted octanol–water partition coefficient (Wildman–Crippen LogP) is 10.6. The lowest BCUT2D eigenvalue weighted by molar-refractivity contribution is -0.401. The number of benzene rings is 4. The minimum Gasteiger partial charge on any atom is -0.356 e. The molecule has 12 nitrogen and oxygen atoms in total. The molecule has 0 fully saturated rings. The fraction of sp³-hybridized carbons (Fsp3) is 0.362. The molecule has 4 aromatic carbocycles. The molecule has 0 atom stereocenters. The number of rotatable bonds is 17. The minimum atomic E-state index is -4.42. The van der Waals surface area contributed by atoms with Crippen LogP contribution in [0, 0.1) is 11.8 Å². The van der Waals surface area contributed by atoms with Gasteiger partial charge in [0.15, 0.2) is 5.71 Å². The Morgan fingerprint density at radius 3 is 2.15 bits per heavy atom. The number of amides is 2. The van der Waals surface area contributed by atoms with Gasteiger partial charge in [0.2, 0.25) is 17.5 Å². The van der Waals surface area contributed by atoms with E-state index in [-0.39, 0.29) is 21.6 Å². The Bertz CT molecular complexity index is 3260. The van der Waals surface area contributed by atoms with Gasteiger partial charge in [-0.3, -0.25) is 18.7 Å². The van der Waals surface area contributed by atoms with Crippen molar-refractivity contribution in [3.63, 3.8) is 0 Å². The number of carbonyl (C=O) groups excluding carboxylic acids is 2. The van der Waals surface area contributed by atoms with Gasteiger partial charge in [0.05, 0.1) is 27.4 Å². The Kier molecular flexibility index (Phi) is 15.4. The summed E-state index contributed by atoms with van der Waals surface area (Å²) >= 11 is 0. The number of nitrogens with one attached hydrogen (secondary N) is 1. The number of carbonyl (C=O) groups is 2. The van der Waals surface area contributed by atoms with E-state index >= 15 is 0 Å². The van der Waals surface area contributed by atoms with Gasteiger partial charge in [-0.1, -0.05) is 87.1 Å². The largest absolute Gasteiger partial charge is 0.356 e. The Balaban J connectivity index is 0.852. The fourth-order valence-corrected chi connectivity index (χ4v) is 11.5. The van der Waals surface area contributed by atoms with E-state index in [0.29, 0.717) is 38.9 Å². The minimum absolute atomic E-state index is 0.00683. The number of allylic oxidation sites excluding steroid dienone is 8. The van der Waals surface area contributed by atoms with Crippen LogP contribution in [0.5, 0.6) is 0 Å². The summed E-state index contributed by atoms with van der Waals surface area (Å²) in [4.78, 5) is 30.3. The monoisotopic (exact) mass is 1010 g/mol. The summed E-state index contributed by atoms with van der Waals surface area (Å²) in [6.45, 7) is 9.90. The molecule has 0 saturated heterocycles. The van der Waals surface area contributed by atoms with Gasteiger partial charge < -0.3 is 15.1 Å². The lowest BCUT2D eigenvalue weighted by Crippen LogP contribution is -2.31. The molecule has 3 aliphatic heterocycles. The summed E-state index contributed by atoms with van der Waals surface area (Å²) in [5, 5.41) is 3.06. The molecule has 0 unspecified atom stereocenters. The summed E-state index contributed by atoms with van der Waals surface area (Å²) in [6.07, 6.45) is 18.9. The quantitative estimate of drug-likeness (QED) is 0.0404. The third-order valence-corrected chi connectivity index (χ3v) is 16.2. The second-order valence-electron chi connectivity index (χ2n) is 20.2. The highest BCUT2D eigenvalue weighted by atomic mass is 32.2. The van der Waals surface area contributed by atoms with Gasteiger partial charge in [-0.15, -0.1) is 0 Å². The van der Waals surface area contributed by atoms with Crippen LogP contribution < -0.4 is 15.1 Å². The van der Waals surface area contributed by atoms with E-state index in [0.717, 1.165) is 119 Å². The molecule has 2 amide bonds. The van der Waals surface area contributed by atoms with Gasteiger partial charge in [-0.05, 0) is 136 Å². The summed E-state index contributed by atoms with van der Waals surface area (Å²) in [7, 11) is -6.81. The van der Waals surface area contributed by atoms with Crippen LogP contribution in [-0.2, 0) is 47.2 Å². The molecular weight excluding hydrogens is 945 g/mol. The van der Waals surface area contributed by atoms with Crippen molar-refractivity contribution >= 4 is 54.8 Å². The number of fused-ring (bicyclic) bond motifs is 4. The molecule has 14 heteroatoms. The van der Waals surface area contributed by atoms with Gasteiger partial charge in [0, 0.05) is 71.6 Å². The molecule has 0 saturated carbocycles. The van der Waals surface area contributed by atoms with Gasteiger partial charge in [0.25, 0.3) is 20.2 Å². The zero-order chi connectivity index (χ0) is 51.4. The molecule has 1 aliphatic carbocycles. The van der Waals surface area contributed by atoms with E-state index < -0.39 is 31.1 Å². The lowest BCUT2D eigenvalue weighted by Gasteiger charge is -2.27. The average molecular weight is 1010 g/mol. The zero-order valence-electron chi connectivity index (χ0n) is 41.9. The number of nitrogens with zero attached hydrogens (tertiary/aromatic N) is 3. The second-order valence-corrected chi connectivity index (χ2v) is 23.1. The van der Waals surface area contributed by atoms with Gasteiger partial charge >= 0.3 is 0 Å². The van der Waals surface area contributed by atoms with Crippen LogP contribution in [0.4, 0.5) is 17.1 Å². The summed E-state index contributed by atoms with van der Waals surface area (Å²) in [6, 6.07) is 25.2. The van der Waals surface area contributed by atoms with Crippen LogP contribution in [0.15, 0.2) is 142 Å². The van der Waals surface area contributed by atoms with Crippen molar-refractivity contribution in [2.24, 2.45) is 0 Å². The summed E-state index contributed by atoms with van der Waals surface area (Å²) in [5.41, 5.74) is 10.3. The number of unbranched alkanes of at least 4 members (excludes halogenated alkanes) is 4. The van der Waals surface area contributed by atoms with E-state index in [1.54, 1.807) is 24.3 Å². The molecule has 0 aromatic heterocycles. The van der Waals surface area contributed by atoms with Crippen molar-refractivity contribution in [2.75, 3.05) is 29.9 Å². The molecule has 3 N–H and O–H groups in total. The Hall–Kier alpha value is -6.37. The first-order chi connectivity index (χ1) is 34.2. The Labute approximate surface area is 425 Å². The highest BCUT2D eigenvalue weighted by Gasteiger charge is 2.44. The Morgan fingerprint density at radius 2 is 1.39 bits per heavy atom. The third kappa shape index (κ3) is 11.5. The van der Waals surface area contributed by atoms with Crippen molar-refractivity contribution in [2.45, 2.75) is 125 Å². The lowest BCUT2D eigenvalue weighted by atomic mass is 9.81. The van der Waals surface area contributed by atoms with Crippen LogP contribution in [0.2, 0.25) is 0 Å². The molecule has 4 aliphatic rings. The highest BCUT2D eigenvalue weighted by molar-refractivity contribution is 7.86. The summed E-state index contributed by atoms with van der Waals surface area (Å²) < 4.78 is 70.1. The van der Waals surface area contributed by atoms with Crippen LogP contribution in [0.1, 0.15) is 126 Å². The van der Waals surface area contributed by atoms with Crippen molar-refractivity contribution in [1.82, 2.24) is 5.32 Å². The van der Waals surface area contributed by atoms with Crippen LogP contribution in [0.25, 0.3) is 0 Å². The van der Waals surface area contributed by atoms with E-state index in [2.05, 4.69) is 70.9 Å². The topological polar surface area (TPSA) is 164 Å². The van der Waals surface area contributed by atoms with Crippen molar-refractivity contribution in [3.05, 3.63) is 160 Å². The molecule has 0 bridgehead atoms. The van der Waals surface area contributed by atoms with Crippen molar-refractivity contribution in [3.8, 4) is 11.8 Å². The molecular formula is C58H65N4O8S2+. The standard InChI is InChI=1S/C58H64N4O8S2/c1-57(2)48-38-46(71(65,66)67)29-31-51(48)60(5)53(57)33-25-41-17-16-18-42(37-41)26-34-54-58(3,4)49-39-47(72(68,69)70)30-32-52(49)61(54)36-15-7-8-23-55(63)59-35-14-6-9-24-56(64)62-40-45-21-11-10-19-43(45)27-28-44-20-12-13-22-50(44)62/h10-13,19-22,25-26,29-34,37-39H,6-9,14-18,23-24,35-36,40H2,1-5H3,(H2-,59,63,65,66,67,68,69,70)/p+1. The van der Waals surface area contributed by atoms with Gasteiger partial charge in [0.1, 0.15) is 7.05 Å². The molecule has 4 aromatic rings. The Morgan fingerprint density at radius 1 is 0.722 bits per heavy atom. The number of anilines is 2. The number of hydrogen-bond acceptors (Lipinski definition) is 7. The maximum absolute atomic E-state index is 13.6. The normalized spacial score (nSPS) is 18.0. The first kappa shape index (κ1) is 52.0. The molecule has 8 rings (SSSR count). The van der Waals surface area contributed by atoms with Crippen molar-refractivity contribution in [1.29, 1.82) is 0 Å². The number of hydrogen-bond donors (Lipinski definition) is 3.